The Morgan fingerprint density at radius 2 is 2.00 bits per heavy atom. The largest absolute Gasteiger partial charge is 0.417 e. The third-order valence-electron chi connectivity index (χ3n) is 7.02. The molecule has 4 heterocycles. The van der Waals surface area contributed by atoms with E-state index in [2.05, 4.69) is 20.3 Å². The van der Waals surface area contributed by atoms with Crippen LogP contribution in [0.25, 0.3) is 16.8 Å². The van der Waals surface area contributed by atoms with Gasteiger partial charge in [0.05, 0.1) is 18.6 Å². The van der Waals surface area contributed by atoms with Gasteiger partial charge in [-0.25, -0.2) is 15.0 Å². The van der Waals surface area contributed by atoms with Crippen LogP contribution in [0.15, 0.2) is 55.0 Å². The summed E-state index contributed by atoms with van der Waals surface area (Å²) in [5.41, 5.74) is 4.94. The van der Waals surface area contributed by atoms with Crippen LogP contribution in [0.5, 0.6) is 0 Å². The number of alkyl halides is 3. The fourth-order valence-electron chi connectivity index (χ4n) is 5.08. The van der Waals surface area contributed by atoms with Gasteiger partial charge in [-0.1, -0.05) is 12.1 Å². The van der Waals surface area contributed by atoms with Crippen molar-refractivity contribution in [3.63, 3.8) is 0 Å². The minimum Gasteiger partial charge on any atom is -0.384 e. The molecule has 1 saturated heterocycles. The van der Waals surface area contributed by atoms with Gasteiger partial charge in [0.15, 0.2) is 0 Å². The van der Waals surface area contributed by atoms with Crippen molar-refractivity contribution in [1.29, 1.82) is 0 Å². The molecule has 214 valence electrons. The van der Waals surface area contributed by atoms with Gasteiger partial charge in [-0.15, -0.1) is 0 Å². The zero-order valence-corrected chi connectivity index (χ0v) is 22.2. The number of piperidine rings is 1. The van der Waals surface area contributed by atoms with Crippen molar-refractivity contribution < 1.29 is 27.5 Å². The first-order valence-corrected chi connectivity index (χ1v) is 13.0. The van der Waals surface area contributed by atoms with E-state index in [9.17, 15) is 22.8 Å². The van der Waals surface area contributed by atoms with Crippen molar-refractivity contribution in [3.8, 4) is 11.3 Å². The number of amides is 2. The van der Waals surface area contributed by atoms with Crippen LogP contribution >= 0.6 is 0 Å². The molecule has 1 atom stereocenters. The van der Waals surface area contributed by atoms with Crippen molar-refractivity contribution in [2.45, 2.75) is 31.4 Å². The first-order chi connectivity index (χ1) is 19.7. The van der Waals surface area contributed by atoms with E-state index in [-0.39, 0.29) is 52.2 Å². The number of nitrogens with two attached hydrogens (primary N) is 1. The lowest BCUT2D eigenvalue weighted by Crippen LogP contribution is -2.39. The number of aromatic nitrogens is 4. The molecule has 0 unspecified atom stereocenters. The second kappa shape index (κ2) is 11.5. The Labute approximate surface area is 233 Å². The van der Waals surface area contributed by atoms with Crippen molar-refractivity contribution in [2.24, 2.45) is 0 Å². The van der Waals surface area contributed by atoms with Crippen LogP contribution in [0.3, 0.4) is 0 Å². The molecule has 1 aliphatic heterocycles. The molecule has 0 saturated carbocycles. The molecule has 1 aliphatic rings. The average molecular weight is 568 g/mol. The summed E-state index contributed by atoms with van der Waals surface area (Å²) < 4.78 is 50.0. The molecule has 13 heteroatoms. The number of rotatable bonds is 7. The number of methoxy groups -OCH3 is 1. The first-order valence-electron chi connectivity index (χ1n) is 13.0. The van der Waals surface area contributed by atoms with Gasteiger partial charge in [0.1, 0.15) is 28.7 Å². The molecule has 1 aromatic carbocycles. The number of pyridine rings is 1. The number of carbonyl (C=O) groups is 2. The average Bonchev–Trinajstić information content (AvgIpc) is 3.36. The number of anilines is 2. The normalized spacial score (nSPS) is 15.7. The Kier molecular flexibility index (Phi) is 7.88. The second-order valence-corrected chi connectivity index (χ2v) is 9.70. The zero-order chi connectivity index (χ0) is 29.1. The van der Waals surface area contributed by atoms with Gasteiger partial charge in [-0.3, -0.25) is 14.0 Å². The SMILES string of the molecule is COCCC(=O)N1CCC[C@@H](c2nc(-c3ccc(C(=O)Nc4ccccn4)cc3C(F)(F)F)c3c(N)nccn23)C1. The molecule has 3 N–H and O–H groups in total. The van der Waals surface area contributed by atoms with Gasteiger partial charge < -0.3 is 20.7 Å². The molecule has 10 nitrogen and oxygen atoms in total. The molecule has 41 heavy (non-hydrogen) atoms. The number of hydrogen-bond acceptors (Lipinski definition) is 7. The number of fused-ring (bicyclic) bond motifs is 1. The molecule has 1 fully saturated rings. The number of nitrogens with zero attached hydrogens (tertiary/aromatic N) is 5. The van der Waals surface area contributed by atoms with E-state index < -0.39 is 17.6 Å². The fourth-order valence-corrected chi connectivity index (χ4v) is 5.08. The Hall–Kier alpha value is -4.52. The van der Waals surface area contributed by atoms with Gasteiger partial charge in [0.2, 0.25) is 5.91 Å². The van der Waals surface area contributed by atoms with Gasteiger partial charge in [0.25, 0.3) is 5.91 Å². The highest BCUT2D eigenvalue weighted by Gasteiger charge is 2.37. The Bertz CT molecular complexity index is 1570. The standard InChI is InChI=1S/C28H28F3N7O3/c1-41-14-9-22(39)37-12-4-5-18(16-37)26-36-23(24-25(32)34-11-13-38(24)26)19-8-7-17(15-20(19)28(29,30)31)27(40)35-21-6-2-3-10-33-21/h2-3,6-8,10-11,13,15,18H,4-5,9,12,14,16H2,1H3,(H2,32,34)(H,33,35,40)/t18-/m1/s1. The van der Waals surface area contributed by atoms with Gasteiger partial charge in [-0.05, 0) is 37.1 Å². The lowest BCUT2D eigenvalue weighted by Gasteiger charge is -2.32. The molecule has 3 aromatic heterocycles. The first kappa shape index (κ1) is 28.0. The van der Waals surface area contributed by atoms with Crippen LogP contribution in [0.1, 0.15) is 46.9 Å². The van der Waals surface area contributed by atoms with Crippen LogP contribution in [-0.2, 0) is 15.7 Å². The van der Waals surface area contributed by atoms with E-state index in [1.807, 2.05) is 0 Å². The number of imidazole rings is 1. The number of benzene rings is 1. The van der Waals surface area contributed by atoms with Crippen LogP contribution in [-0.4, -0.2) is 62.9 Å². The summed E-state index contributed by atoms with van der Waals surface area (Å²) in [5.74, 6) is -0.332. The lowest BCUT2D eigenvalue weighted by atomic mass is 9.97. The number of likely N-dealkylation sites (tertiary alicyclic amines) is 1. The van der Waals surface area contributed by atoms with Crippen molar-refractivity contribution in [1.82, 2.24) is 24.3 Å². The molecule has 0 radical (unpaired) electrons. The molecule has 4 aromatic rings. The number of nitrogen functional groups attached to an aromatic ring is 1. The highest BCUT2D eigenvalue weighted by Crippen LogP contribution is 2.41. The Morgan fingerprint density at radius 3 is 2.73 bits per heavy atom. The minimum absolute atomic E-state index is 0.00237. The van der Waals surface area contributed by atoms with Gasteiger partial charge in [0, 0.05) is 55.8 Å². The summed E-state index contributed by atoms with van der Waals surface area (Å²) in [6.45, 7) is 1.25. The van der Waals surface area contributed by atoms with Gasteiger partial charge in [-0.2, -0.15) is 13.2 Å². The lowest BCUT2D eigenvalue weighted by molar-refractivity contribution is -0.137. The smallest absolute Gasteiger partial charge is 0.384 e. The molecule has 0 aliphatic carbocycles. The Balaban J connectivity index is 1.56. The van der Waals surface area contributed by atoms with Gasteiger partial charge >= 0.3 is 6.18 Å². The summed E-state index contributed by atoms with van der Waals surface area (Å²) >= 11 is 0. The second-order valence-electron chi connectivity index (χ2n) is 9.70. The van der Waals surface area contributed by atoms with Crippen LogP contribution in [0.2, 0.25) is 0 Å². The maximum atomic E-state index is 14.4. The van der Waals surface area contributed by atoms with E-state index >= 15 is 0 Å². The van der Waals surface area contributed by atoms with Crippen LogP contribution in [0, 0.1) is 0 Å². The zero-order valence-electron chi connectivity index (χ0n) is 22.2. The number of carbonyl (C=O) groups excluding carboxylic acids is 2. The number of hydrogen-bond donors (Lipinski definition) is 2. The summed E-state index contributed by atoms with van der Waals surface area (Å²) in [4.78, 5) is 39.9. The van der Waals surface area contributed by atoms with E-state index in [4.69, 9.17) is 10.5 Å². The molecule has 2 amide bonds. The highest BCUT2D eigenvalue weighted by molar-refractivity contribution is 6.04. The summed E-state index contributed by atoms with van der Waals surface area (Å²) in [6, 6.07) is 8.15. The Morgan fingerprint density at radius 1 is 1.17 bits per heavy atom. The number of nitrogens with one attached hydrogen (secondary N) is 1. The van der Waals surface area contributed by atoms with E-state index in [0.717, 1.165) is 6.07 Å². The summed E-state index contributed by atoms with van der Waals surface area (Å²) in [5, 5.41) is 2.50. The van der Waals surface area contributed by atoms with Crippen LogP contribution in [0.4, 0.5) is 24.8 Å². The predicted octanol–water partition coefficient (Wildman–Crippen LogP) is 4.39. The van der Waals surface area contributed by atoms with Crippen molar-refractivity contribution in [2.75, 3.05) is 37.9 Å². The maximum Gasteiger partial charge on any atom is 0.417 e. The fraction of sp³-hybridized carbons (Fsp3) is 0.321. The van der Waals surface area contributed by atoms with E-state index in [1.54, 1.807) is 27.6 Å². The molecular formula is C28H28F3N7O3. The monoisotopic (exact) mass is 567 g/mol. The molecule has 0 bridgehead atoms. The molecule has 0 spiro atoms. The minimum atomic E-state index is -4.81. The number of halogens is 3. The number of ether oxygens (including phenoxy) is 1. The molecular weight excluding hydrogens is 539 g/mol. The third-order valence-corrected chi connectivity index (χ3v) is 7.02. The van der Waals surface area contributed by atoms with Crippen LogP contribution < -0.4 is 11.1 Å². The highest BCUT2D eigenvalue weighted by atomic mass is 19.4. The quantitative estimate of drug-likeness (QED) is 0.339. The van der Waals surface area contributed by atoms with E-state index in [1.165, 1.54) is 37.7 Å². The topological polar surface area (TPSA) is 128 Å². The van der Waals surface area contributed by atoms with Crippen molar-refractivity contribution >= 4 is 29.0 Å². The summed E-state index contributed by atoms with van der Waals surface area (Å²) in [7, 11) is 1.53. The van der Waals surface area contributed by atoms with Crippen molar-refractivity contribution in [3.05, 3.63) is 71.9 Å². The summed E-state index contributed by atoms with van der Waals surface area (Å²) in [6.07, 6.45) is 1.35. The third kappa shape index (κ3) is 5.85. The molecule has 5 rings (SSSR count). The predicted molar refractivity (Wildman–Crippen MR) is 145 cm³/mol. The van der Waals surface area contributed by atoms with E-state index in [0.29, 0.717) is 38.4 Å². The maximum absolute atomic E-state index is 14.4.